The van der Waals surface area contributed by atoms with Crippen molar-refractivity contribution in [1.82, 2.24) is 5.32 Å². The smallest absolute Gasteiger partial charge is 0.119 e. The van der Waals surface area contributed by atoms with Crippen LogP contribution in [0.4, 0.5) is 0 Å². The Labute approximate surface area is 116 Å². The molecule has 0 atom stereocenters. The lowest BCUT2D eigenvalue weighted by atomic mass is 10.3. The molecule has 0 heterocycles. The van der Waals surface area contributed by atoms with E-state index in [1.165, 1.54) is 0 Å². The fourth-order valence-electron chi connectivity index (χ4n) is 1.58. The maximum atomic E-state index is 5.60. The van der Waals surface area contributed by atoms with Crippen LogP contribution in [0.15, 0.2) is 24.3 Å². The van der Waals surface area contributed by atoms with E-state index in [9.17, 15) is 0 Å². The molecule has 4 nitrogen and oxygen atoms in total. The fraction of sp³-hybridized carbons (Fsp3) is 0.600. The van der Waals surface area contributed by atoms with Crippen molar-refractivity contribution < 1.29 is 14.2 Å². The lowest BCUT2D eigenvalue weighted by Gasteiger charge is -2.08. The molecule has 1 N–H and O–H groups in total. The minimum Gasteiger partial charge on any atom is -0.497 e. The second-order valence-corrected chi connectivity index (χ2v) is 4.24. The Morgan fingerprint density at radius 1 is 0.947 bits per heavy atom. The second kappa shape index (κ2) is 10.6. The summed E-state index contributed by atoms with van der Waals surface area (Å²) in [6.45, 7) is 6.30. The van der Waals surface area contributed by atoms with Crippen LogP contribution in [0.5, 0.6) is 11.5 Å². The third kappa shape index (κ3) is 7.70. The monoisotopic (exact) mass is 267 g/mol. The van der Waals surface area contributed by atoms with Gasteiger partial charge in [0.2, 0.25) is 0 Å². The molecule has 0 unspecified atom stereocenters. The Morgan fingerprint density at radius 3 is 2.37 bits per heavy atom. The first kappa shape index (κ1) is 15.8. The standard InChI is InChI=1S/C15H25NO3/c1-3-11-18-12-4-9-16-10-13-19-15-7-5-14(17-2)6-8-15/h5-8,16H,3-4,9-13H2,1-2H3. The van der Waals surface area contributed by atoms with E-state index >= 15 is 0 Å². The summed E-state index contributed by atoms with van der Waals surface area (Å²) in [4.78, 5) is 0. The number of hydrogen-bond acceptors (Lipinski definition) is 4. The number of ether oxygens (including phenoxy) is 3. The molecule has 0 fully saturated rings. The van der Waals surface area contributed by atoms with Gasteiger partial charge in [0.1, 0.15) is 18.1 Å². The lowest BCUT2D eigenvalue weighted by molar-refractivity contribution is 0.132. The predicted molar refractivity (Wildman–Crippen MR) is 77.1 cm³/mol. The average Bonchev–Trinajstić information content (AvgIpc) is 2.46. The number of methoxy groups -OCH3 is 1. The third-order valence-electron chi connectivity index (χ3n) is 2.60. The molecular weight excluding hydrogens is 242 g/mol. The van der Waals surface area contributed by atoms with E-state index in [0.717, 1.165) is 50.6 Å². The highest BCUT2D eigenvalue weighted by Crippen LogP contribution is 2.16. The number of rotatable bonds is 11. The van der Waals surface area contributed by atoms with Crippen molar-refractivity contribution in [3.05, 3.63) is 24.3 Å². The van der Waals surface area contributed by atoms with Crippen LogP contribution in [0.2, 0.25) is 0 Å². The minimum absolute atomic E-state index is 0.669. The molecule has 0 aromatic heterocycles. The zero-order valence-corrected chi connectivity index (χ0v) is 12.0. The SMILES string of the molecule is CCCOCCCNCCOc1ccc(OC)cc1. The van der Waals surface area contributed by atoms with Crippen molar-refractivity contribution in [2.45, 2.75) is 19.8 Å². The van der Waals surface area contributed by atoms with Crippen LogP contribution in [0.3, 0.4) is 0 Å². The summed E-state index contributed by atoms with van der Waals surface area (Å²) in [5, 5.41) is 3.33. The molecule has 0 radical (unpaired) electrons. The molecule has 108 valence electrons. The Balaban J connectivity index is 1.95. The van der Waals surface area contributed by atoms with Crippen LogP contribution in [0.25, 0.3) is 0 Å². The Hall–Kier alpha value is -1.26. The summed E-state index contributed by atoms with van der Waals surface area (Å²) in [6, 6.07) is 7.62. The second-order valence-electron chi connectivity index (χ2n) is 4.24. The highest BCUT2D eigenvalue weighted by Gasteiger charge is 1.95. The topological polar surface area (TPSA) is 39.7 Å². The molecule has 4 heteroatoms. The van der Waals surface area contributed by atoms with Gasteiger partial charge in [-0.15, -0.1) is 0 Å². The van der Waals surface area contributed by atoms with Crippen molar-refractivity contribution in [2.24, 2.45) is 0 Å². The van der Waals surface area contributed by atoms with Gasteiger partial charge in [-0.2, -0.15) is 0 Å². The molecule has 0 saturated carbocycles. The van der Waals surface area contributed by atoms with Crippen LogP contribution >= 0.6 is 0 Å². The van der Waals surface area contributed by atoms with E-state index in [0.29, 0.717) is 6.61 Å². The molecule has 1 aromatic carbocycles. The zero-order chi connectivity index (χ0) is 13.8. The summed E-state index contributed by atoms with van der Waals surface area (Å²) < 4.78 is 16.1. The maximum Gasteiger partial charge on any atom is 0.119 e. The van der Waals surface area contributed by atoms with Gasteiger partial charge in [-0.3, -0.25) is 0 Å². The molecule has 0 spiro atoms. The number of nitrogens with one attached hydrogen (secondary N) is 1. The van der Waals surface area contributed by atoms with Crippen LogP contribution in [0.1, 0.15) is 19.8 Å². The van der Waals surface area contributed by atoms with Crippen molar-refractivity contribution in [3.63, 3.8) is 0 Å². The van der Waals surface area contributed by atoms with Gasteiger partial charge in [0.05, 0.1) is 7.11 Å². The number of benzene rings is 1. The van der Waals surface area contributed by atoms with Crippen molar-refractivity contribution in [1.29, 1.82) is 0 Å². The Morgan fingerprint density at radius 2 is 1.68 bits per heavy atom. The van der Waals surface area contributed by atoms with Gasteiger partial charge in [0, 0.05) is 19.8 Å². The summed E-state index contributed by atoms with van der Waals surface area (Å²) in [5.41, 5.74) is 0. The first-order valence-electron chi connectivity index (χ1n) is 6.92. The van der Waals surface area contributed by atoms with Gasteiger partial charge in [0.15, 0.2) is 0 Å². The van der Waals surface area contributed by atoms with E-state index in [1.54, 1.807) is 7.11 Å². The first-order valence-corrected chi connectivity index (χ1v) is 6.92. The predicted octanol–water partition coefficient (Wildman–Crippen LogP) is 2.48. The van der Waals surface area contributed by atoms with Crippen LogP contribution in [0, 0.1) is 0 Å². The highest BCUT2D eigenvalue weighted by atomic mass is 16.5. The van der Waals surface area contributed by atoms with E-state index in [1.807, 2.05) is 24.3 Å². The van der Waals surface area contributed by atoms with Gasteiger partial charge in [-0.25, -0.2) is 0 Å². The van der Waals surface area contributed by atoms with E-state index < -0.39 is 0 Å². The Kier molecular flexibility index (Phi) is 8.85. The van der Waals surface area contributed by atoms with E-state index in [2.05, 4.69) is 12.2 Å². The Bertz CT molecular complexity index is 314. The quantitative estimate of drug-likeness (QED) is 0.625. The number of hydrogen-bond donors (Lipinski definition) is 1. The minimum atomic E-state index is 0.669. The maximum absolute atomic E-state index is 5.60. The molecule has 0 aliphatic heterocycles. The van der Waals surface area contributed by atoms with Gasteiger partial charge in [-0.1, -0.05) is 6.92 Å². The van der Waals surface area contributed by atoms with E-state index in [-0.39, 0.29) is 0 Å². The van der Waals surface area contributed by atoms with Crippen molar-refractivity contribution in [3.8, 4) is 11.5 Å². The molecule has 0 aliphatic rings. The summed E-state index contributed by atoms with van der Waals surface area (Å²) in [5.74, 6) is 1.71. The van der Waals surface area contributed by atoms with Crippen molar-refractivity contribution >= 4 is 0 Å². The van der Waals surface area contributed by atoms with Gasteiger partial charge in [-0.05, 0) is 43.7 Å². The van der Waals surface area contributed by atoms with E-state index in [4.69, 9.17) is 14.2 Å². The normalized spacial score (nSPS) is 10.4. The molecule has 0 saturated heterocycles. The molecule has 0 aliphatic carbocycles. The van der Waals surface area contributed by atoms with Gasteiger partial charge in [0.25, 0.3) is 0 Å². The molecule has 1 rings (SSSR count). The molecule has 0 bridgehead atoms. The van der Waals surface area contributed by atoms with Crippen LogP contribution in [-0.4, -0.2) is 40.0 Å². The van der Waals surface area contributed by atoms with Crippen LogP contribution < -0.4 is 14.8 Å². The molecule has 19 heavy (non-hydrogen) atoms. The molecular formula is C15H25NO3. The lowest BCUT2D eigenvalue weighted by Crippen LogP contribution is -2.23. The van der Waals surface area contributed by atoms with Gasteiger partial charge < -0.3 is 19.5 Å². The van der Waals surface area contributed by atoms with Crippen LogP contribution in [-0.2, 0) is 4.74 Å². The van der Waals surface area contributed by atoms with Gasteiger partial charge >= 0.3 is 0 Å². The summed E-state index contributed by atoms with van der Waals surface area (Å²) in [7, 11) is 1.66. The largest absolute Gasteiger partial charge is 0.497 e. The zero-order valence-electron chi connectivity index (χ0n) is 12.0. The fourth-order valence-corrected chi connectivity index (χ4v) is 1.58. The third-order valence-corrected chi connectivity index (χ3v) is 2.60. The molecule has 0 amide bonds. The average molecular weight is 267 g/mol. The highest BCUT2D eigenvalue weighted by molar-refractivity contribution is 5.31. The van der Waals surface area contributed by atoms with Crippen molar-refractivity contribution in [2.75, 3.05) is 40.0 Å². The first-order chi connectivity index (χ1) is 9.36. The summed E-state index contributed by atoms with van der Waals surface area (Å²) in [6.07, 6.45) is 2.13. The molecule has 1 aromatic rings. The summed E-state index contributed by atoms with van der Waals surface area (Å²) >= 11 is 0.